The zero-order valence-corrected chi connectivity index (χ0v) is 18.7. The lowest BCUT2D eigenvalue weighted by Gasteiger charge is -2.36. The minimum Gasteiger partial charge on any atom is -0.493 e. The molecular weight excluding hydrogens is 434 g/mol. The predicted molar refractivity (Wildman–Crippen MR) is 120 cm³/mol. The molecule has 1 N–H and O–H groups in total. The molecule has 3 heterocycles. The normalized spacial score (nSPS) is 21.6. The van der Waals surface area contributed by atoms with Crippen molar-refractivity contribution in [3.8, 4) is 5.75 Å². The highest BCUT2D eigenvalue weighted by atomic mass is 32.2. The molecule has 1 aromatic heterocycles. The lowest BCUT2D eigenvalue weighted by atomic mass is 9.92. The number of rotatable bonds is 4. The van der Waals surface area contributed by atoms with E-state index >= 15 is 0 Å². The van der Waals surface area contributed by atoms with Gasteiger partial charge in [-0.05, 0) is 61.7 Å². The van der Waals surface area contributed by atoms with E-state index in [2.05, 4.69) is 10.3 Å². The molecule has 1 saturated heterocycles. The van der Waals surface area contributed by atoms with Gasteiger partial charge in [0, 0.05) is 30.6 Å². The summed E-state index contributed by atoms with van der Waals surface area (Å²) in [5, 5.41) is 2.97. The number of carbonyl (C=O) groups excluding carboxylic acids is 1. The number of nitrogens with one attached hydrogen (secondary N) is 1. The van der Waals surface area contributed by atoms with Crippen LogP contribution in [0.1, 0.15) is 25.3 Å². The highest BCUT2D eigenvalue weighted by Crippen LogP contribution is 2.33. The summed E-state index contributed by atoms with van der Waals surface area (Å²) in [6.07, 6.45) is 1.70. The van der Waals surface area contributed by atoms with E-state index < -0.39 is 10.0 Å². The molecule has 5 rings (SSSR count). The van der Waals surface area contributed by atoms with E-state index in [9.17, 15) is 13.2 Å². The number of hydrogen-bond donors (Lipinski definition) is 1. The van der Waals surface area contributed by atoms with Gasteiger partial charge < -0.3 is 10.1 Å². The first kappa shape index (κ1) is 20.4. The molecule has 3 aromatic rings. The van der Waals surface area contributed by atoms with E-state index in [1.54, 1.807) is 35.0 Å². The van der Waals surface area contributed by atoms with Gasteiger partial charge in [0.2, 0.25) is 15.9 Å². The van der Waals surface area contributed by atoms with Crippen LogP contribution in [0.2, 0.25) is 0 Å². The Balaban J connectivity index is 1.27. The maximum atomic E-state index is 13.2. The van der Waals surface area contributed by atoms with Gasteiger partial charge >= 0.3 is 0 Å². The number of amides is 1. The second-order valence-corrected chi connectivity index (χ2v) is 10.9. The molecule has 31 heavy (non-hydrogen) atoms. The van der Waals surface area contributed by atoms with Crippen molar-refractivity contribution < 1.29 is 17.9 Å². The topological polar surface area (TPSA) is 88.6 Å². The van der Waals surface area contributed by atoms with Crippen LogP contribution in [0.25, 0.3) is 10.2 Å². The Morgan fingerprint density at radius 1 is 1.26 bits per heavy atom. The number of benzene rings is 2. The van der Waals surface area contributed by atoms with Gasteiger partial charge in [0.05, 0.1) is 27.2 Å². The van der Waals surface area contributed by atoms with Gasteiger partial charge in [-0.3, -0.25) is 4.79 Å². The third kappa shape index (κ3) is 3.81. The summed E-state index contributed by atoms with van der Waals surface area (Å²) in [6, 6.07) is 10.5. The quantitative estimate of drug-likeness (QED) is 0.646. The van der Waals surface area contributed by atoms with Crippen molar-refractivity contribution in [2.75, 3.05) is 18.5 Å². The first-order chi connectivity index (χ1) is 14.9. The molecule has 1 fully saturated rings. The molecule has 1 amide bonds. The van der Waals surface area contributed by atoms with Gasteiger partial charge in [-0.2, -0.15) is 4.31 Å². The van der Waals surface area contributed by atoms with E-state index in [-0.39, 0.29) is 17.9 Å². The lowest BCUT2D eigenvalue weighted by molar-refractivity contribution is -0.121. The molecule has 2 aromatic carbocycles. The Morgan fingerprint density at radius 3 is 2.97 bits per heavy atom. The summed E-state index contributed by atoms with van der Waals surface area (Å²) in [5.41, 5.74) is 4.28. The van der Waals surface area contributed by atoms with Crippen molar-refractivity contribution in [1.29, 1.82) is 0 Å². The number of sulfonamides is 1. The van der Waals surface area contributed by atoms with Crippen LogP contribution >= 0.6 is 11.3 Å². The molecule has 0 unspecified atom stereocenters. The molecule has 162 valence electrons. The van der Waals surface area contributed by atoms with E-state index in [1.165, 1.54) is 4.31 Å². The Kier molecular flexibility index (Phi) is 5.19. The molecule has 0 bridgehead atoms. The Bertz CT molecular complexity index is 1250. The van der Waals surface area contributed by atoms with E-state index in [0.29, 0.717) is 36.6 Å². The number of aromatic nitrogens is 1. The van der Waals surface area contributed by atoms with Crippen molar-refractivity contribution in [3.63, 3.8) is 0 Å². The predicted octanol–water partition coefficient (Wildman–Crippen LogP) is 3.66. The Hall–Kier alpha value is -2.49. The highest BCUT2D eigenvalue weighted by Gasteiger charge is 2.37. The van der Waals surface area contributed by atoms with Crippen LogP contribution in [0.3, 0.4) is 0 Å². The first-order valence-corrected chi connectivity index (χ1v) is 12.7. The number of thiazole rings is 1. The van der Waals surface area contributed by atoms with Crippen molar-refractivity contribution in [3.05, 3.63) is 47.5 Å². The average molecular weight is 458 g/mol. The molecule has 2 aliphatic heterocycles. The van der Waals surface area contributed by atoms with Gasteiger partial charge in [-0.25, -0.2) is 13.4 Å². The third-order valence-corrected chi connectivity index (χ3v) is 8.87. The molecule has 7 nitrogen and oxygen atoms in total. The van der Waals surface area contributed by atoms with Crippen LogP contribution in [0.4, 0.5) is 5.69 Å². The molecule has 2 aliphatic rings. The second-order valence-electron chi connectivity index (χ2n) is 8.08. The summed E-state index contributed by atoms with van der Waals surface area (Å²) in [4.78, 5) is 17.4. The summed E-state index contributed by atoms with van der Waals surface area (Å²) in [6.45, 7) is 2.78. The summed E-state index contributed by atoms with van der Waals surface area (Å²) < 4.78 is 34.6. The molecule has 0 saturated carbocycles. The summed E-state index contributed by atoms with van der Waals surface area (Å²) >= 11 is 1.56. The number of nitrogens with zero attached hydrogens (tertiary/aromatic N) is 2. The number of carbonyl (C=O) groups is 1. The van der Waals surface area contributed by atoms with Crippen molar-refractivity contribution in [2.24, 2.45) is 5.92 Å². The van der Waals surface area contributed by atoms with Gasteiger partial charge in [-0.15, -0.1) is 11.3 Å². The van der Waals surface area contributed by atoms with Gasteiger partial charge in [0.15, 0.2) is 0 Å². The largest absolute Gasteiger partial charge is 0.493 e. The molecular formula is C22H23N3O4S2. The molecule has 9 heteroatoms. The van der Waals surface area contributed by atoms with Gasteiger partial charge in [0.25, 0.3) is 0 Å². The number of hydrogen-bond acceptors (Lipinski definition) is 6. The fraction of sp³-hybridized carbons (Fsp3) is 0.364. The Morgan fingerprint density at radius 2 is 2.13 bits per heavy atom. The smallest absolute Gasteiger partial charge is 0.243 e. The molecule has 2 atom stereocenters. The monoisotopic (exact) mass is 457 g/mol. The maximum Gasteiger partial charge on any atom is 0.243 e. The fourth-order valence-electron chi connectivity index (χ4n) is 4.38. The van der Waals surface area contributed by atoms with Crippen LogP contribution < -0.4 is 10.1 Å². The Labute approximate surface area is 185 Å². The zero-order chi connectivity index (χ0) is 21.6. The standard InChI is InChI=1S/C22H23N3O4S2/c1-14-10-16(22(26)24-17-2-5-21-19(12-17)23-13-30-21)6-8-25(14)31(27,28)18-3-4-20-15(11-18)7-9-29-20/h2-5,11-14,16H,6-10H2,1H3,(H,24,26)/t14-,16-/m0/s1. The third-order valence-electron chi connectivity index (χ3n) is 6.05. The first-order valence-electron chi connectivity index (χ1n) is 10.3. The highest BCUT2D eigenvalue weighted by molar-refractivity contribution is 7.89. The maximum absolute atomic E-state index is 13.2. The number of anilines is 1. The van der Waals surface area contributed by atoms with Crippen LogP contribution in [-0.4, -0.2) is 42.8 Å². The average Bonchev–Trinajstić information content (AvgIpc) is 3.41. The van der Waals surface area contributed by atoms with Crippen LogP contribution in [0, 0.1) is 5.92 Å². The number of fused-ring (bicyclic) bond motifs is 2. The van der Waals surface area contributed by atoms with Crippen molar-refractivity contribution in [1.82, 2.24) is 9.29 Å². The SMILES string of the molecule is C[C@H]1C[C@@H](C(=O)Nc2ccc3scnc3c2)CCN1S(=O)(=O)c1ccc2c(c1)CCO2. The van der Waals surface area contributed by atoms with Gasteiger partial charge in [0.1, 0.15) is 5.75 Å². The van der Waals surface area contributed by atoms with Crippen LogP contribution in [0.5, 0.6) is 5.75 Å². The fourth-order valence-corrected chi connectivity index (χ4v) is 6.75. The molecule has 0 radical (unpaired) electrons. The van der Waals surface area contributed by atoms with Crippen LogP contribution in [-0.2, 0) is 21.2 Å². The van der Waals surface area contributed by atoms with E-state index in [0.717, 1.165) is 28.0 Å². The van der Waals surface area contributed by atoms with Crippen LogP contribution in [0.15, 0.2) is 46.8 Å². The van der Waals surface area contributed by atoms with E-state index in [1.807, 2.05) is 25.1 Å². The minimum absolute atomic E-state index is 0.0758. The second kappa shape index (κ2) is 7.89. The summed E-state index contributed by atoms with van der Waals surface area (Å²) in [7, 11) is -3.62. The summed E-state index contributed by atoms with van der Waals surface area (Å²) in [5.74, 6) is 0.451. The molecule has 0 spiro atoms. The lowest BCUT2D eigenvalue weighted by Crippen LogP contribution is -2.46. The van der Waals surface area contributed by atoms with E-state index in [4.69, 9.17) is 4.74 Å². The van der Waals surface area contributed by atoms with Crippen molar-refractivity contribution >= 4 is 43.2 Å². The number of piperidine rings is 1. The minimum atomic E-state index is -3.62. The molecule has 0 aliphatic carbocycles. The van der Waals surface area contributed by atoms with Crippen molar-refractivity contribution in [2.45, 2.75) is 37.1 Å². The van der Waals surface area contributed by atoms with Gasteiger partial charge in [-0.1, -0.05) is 0 Å². The zero-order valence-electron chi connectivity index (χ0n) is 17.1. The number of ether oxygens (including phenoxy) is 1.